The first-order valence-electron chi connectivity index (χ1n) is 10.6. The predicted octanol–water partition coefficient (Wildman–Crippen LogP) is 4.31. The largest absolute Gasteiger partial charge is 0.361 e. The molecule has 0 fully saturated rings. The van der Waals surface area contributed by atoms with Gasteiger partial charge in [0.15, 0.2) is 5.16 Å². The molecule has 0 spiro atoms. The van der Waals surface area contributed by atoms with Gasteiger partial charge in [0.05, 0.1) is 6.42 Å². The Morgan fingerprint density at radius 2 is 1.88 bits per heavy atom. The number of aromatic nitrogens is 3. The van der Waals surface area contributed by atoms with Gasteiger partial charge in [-0.25, -0.2) is 4.98 Å². The maximum absolute atomic E-state index is 12.6. The molecule has 0 radical (unpaired) electrons. The maximum Gasteiger partial charge on any atom is 0.255 e. The van der Waals surface area contributed by atoms with Gasteiger partial charge >= 0.3 is 0 Å². The van der Waals surface area contributed by atoms with E-state index in [0.717, 1.165) is 28.5 Å². The molecule has 4 rings (SSSR count). The number of carbonyl (C=O) groups is 1. The second-order valence-corrected chi connectivity index (χ2v) is 9.07. The van der Waals surface area contributed by atoms with Gasteiger partial charge in [-0.3, -0.25) is 9.59 Å². The quantitative estimate of drug-likeness (QED) is 0.278. The van der Waals surface area contributed by atoms with E-state index < -0.39 is 0 Å². The fourth-order valence-electron chi connectivity index (χ4n) is 3.71. The number of carbonyl (C=O) groups excluding carboxylic acids is 1. The zero-order valence-electron chi connectivity index (χ0n) is 18.1. The highest BCUT2D eigenvalue weighted by atomic mass is 32.2. The van der Waals surface area contributed by atoms with Crippen molar-refractivity contribution < 1.29 is 4.79 Å². The first-order chi connectivity index (χ1) is 15.5. The summed E-state index contributed by atoms with van der Waals surface area (Å²) in [5, 5.41) is 4.79. The molecule has 0 aliphatic carbocycles. The number of amides is 1. The van der Waals surface area contributed by atoms with Crippen LogP contribution in [0.2, 0.25) is 0 Å². The molecule has 0 aliphatic heterocycles. The minimum absolute atomic E-state index is 0.0151. The molecule has 2 heterocycles. The molecular weight excluding hydrogens is 420 g/mol. The summed E-state index contributed by atoms with van der Waals surface area (Å²) >= 11 is 1.50. The van der Waals surface area contributed by atoms with E-state index in [-0.39, 0.29) is 23.1 Å². The van der Waals surface area contributed by atoms with Gasteiger partial charge in [0.1, 0.15) is 0 Å². The van der Waals surface area contributed by atoms with Crippen LogP contribution in [0, 0.1) is 6.92 Å². The van der Waals surface area contributed by atoms with Crippen LogP contribution in [0.3, 0.4) is 0 Å². The molecule has 4 aromatic rings. The Kier molecular flexibility index (Phi) is 6.75. The lowest BCUT2D eigenvalue weighted by atomic mass is 10.1. The van der Waals surface area contributed by atoms with Crippen molar-refractivity contribution in [2.45, 2.75) is 37.1 Å². The molecule has 1 atom stereocenters. The number of fused-ring (bicyclic) bond motifs is 1. The van der Waals surface area contributed by atoms with E-state index in [4.69, 9.17) is 0 Å². The van der Waals surface area contributed by atoms with Gasteiger partial charge in [0.25, 0.3) is 5.56 Å². The minimum atomic E-state index is -0.257. The van der Waals surface area contributed by atoms with Gasteiger partial charge in [0, 0.05) is 40.2 Å². The van der Waals surface area contributed by atoms with Crippen molar-refractivity contribution in [3.8, 4) is 0 Å². The van der Waals surface area contributed by atoms with Crippen molar-refractivity contribution in [3.63, 3.8) is 0 Å². The summed E-state index contributed by atoms with van der Waals surface area (Å²) in [4.78, 5) is 35.7. The van der Waals surface area contributed by atoms with Gasteiger partial charge in [-0.2, -0.15) is 0 Å². The molecule has 7 heteroatoms. The average molecular weight is 447 g/mol. The van der Waals surface area contributed by atoms with E-state index in [0.29, 0.717) is 23.0 Å². The Labute approximate surface area is 190 Å². The number of hydrogen-bond donors (Lipinski definition) is 3. The number of nitrogens with one attached hydrogen (secondary N) is 3. The zero-order chi connectivity index (χ0) is 22.5. The van der Waals surface area contributed by atoms with Gasteiger partial charge in [-0.05, 0) is 37.5 Å². The monoisotopic (exact) mass is 446 g/mol. The van der Waals surface area contributed by atoms with Gasteiger partial charge < -0.3 is 15.3 Å². The highest BCUT2D eigenvalue weighted by Crippen LogP contribution is 2.32. The molecule has 1 unspecified atom stereocenters. The Hall–Kier alpha value is -3.32. The summed E-state index contributed by atoms with van der Waals surface area (Å²) in [6.45, 7) is 4.36. The van der Waals surface area contributed by atoms with E-state index in [1.54, 1.807) is 6.92 Å². The normalized spacial score (nSPS) is 12.1. The van der Waals surface area contributed by atoms with Crippen LogP contribution in [0.25, 0.3) is 10.9 Å². The lowest BCUT2D eigenvalue weighted by molar-refractivity contribution is -0.120. The van der Waals surface area contributed by atoms with E-state index in [2.05, 4.69) is 45.4 Å². The van der Waals surface area contributed by atoms with Crippen LogP contribution >= 0.6 is 11.8 Å². The number of benzene rings is 2. The molecule has 164 valence electrons. The average Bonchev–Trinajstić information content (AvgIpc) is 3.20. The molecule has 0 bridgehead atoms. The number of para-hydroxylation sites is 1. The Morgan fingerprint density at radius 1 is 1.12 bits per heavy atom. The van der Waals surface area contributed by atoms with Gasteiger partial charge in [-0.1, -0.05) is 60.3 Å². The van der Waals surface area contributed by atoms with Crippen LogP contribution in [0.15, 0.2) is 70.7 Å². The third-order valence-corrected chi connectivity index (χ3v) is 6.53. The molecule has 0 saturated carbocycles. The number of rotatable bonds is 8. The Balaban J connectivity index is 1.35. The number of thioether (sulfide) groups is 1. The number of hydrogen-bond acceptors (Lipinski definition) is 4. The van der Waals surface area contributed by atoms with E-state index >= 15 is 0 Å². The highest BCUT2D eigenvalue weighted by molar-refractivity contribution is 7.99. The number of H-pyrrole nitrogens is 2. The second kappa shape index (κ2) is 9.87. The number of aromatic amines is 2. The molecule has 3 N–H and O–H groups in total. The topological polar surface area (TPSA) is 90.6 Å². The molecule has 0 saturated heterocycles. The third-order valence-electron chi connectivity index (χ3n) is 5.49. The molecule has 0 aliphatic rings. The van der Waals surface area contributed by atoms with Crippen molar-refractivity contribution in [2.24, 2.45) is 0 Å². The molecule has 32 heavy (non-hydrogen) atoms. The van der Waals surface area contributed by atoms with Crippen molar-refractivity contribution in [3.05, 3.63) is 93.5 Å². The maximum atomic E-state index is 12.6. The summed E-state index contributed by atoms with van der Waals surface area (Å²) < 4.78 is 0. The van der Waals surface area contributed by atoms with Crippen molar-refractivity contribution in [2.75, 3.05) is 6.54 Å². The standard InChI is InChI=1S/C25H26N4O2S/c1-16-21(24(31)29-25(28-16)32-17(2)18-8-4-3-5-9-18)14-23(30)26-13-12-19-15-27-22-11-7-6-10-20(19)22/h3-11,15,17,27H,12-14H2,1-2H3,(H,26,30)(H,28,29,31). The number of nitrogens with zero attached hydrogens (tertiary/aromatic N) is 1. The fourth-order valence-corrected chi connectivity index (χ4v) is 4.68. The molecule has 2 aromatic carbocycles. The van der Waals surface area contributed by atoms with Crippen LogP contribution in [0.4, 0.5) is 0 Å². The molecule has 6 nitrogen and oxygen atoms in total. The highest BCUT2D eigenvalue weighted by Gasteiger charge is 2.15. The van der Waals surface area contributed by atoms with Crippen LogP contribution in [-0.2, 0) is 17.6 Å². The first kappa shape index (κ1) is 21.9. The predicted molar refractivity (Wildman–Crippen MR) is 129 cm³/mol. The second-order valence-electron chi connectivity index (χ2n) is 7.74. The van der Waals surface area contributed by atoms with Crippen LogP contribution in [0.1, 0.15) is 34.6 Å². The summed E-state index contributed by atoms with van der Waals surface area (Å²) in [6.07, 6.45) is 2.71. The van der Waals surface area contributed by atoms with Crippen LogP contribution < -0.4 is 10.9 Å². The first-order valence-corrected chi connectivity index (χ1v) is 11.5. The Morgan fingerprint density at radius 3 is 2.66 bits per heavy atom. The molecule has 2 aromatic heterocycles. The van der Waals surface area contributed by atoms with E-state index in [9.17, 15) is 9.59 Å². The molecular formula is C25H26N4O2S. The van der Waals surface area contributed by atoms with Crippen molar-refractivity contribution in [1.82, 2.24) is 20.3 Å². The van der Waals surface area contributed by atoms with Crippen LogP contribution in [-0.4, -0.2) is 27.4 Å². The lowest BCUT2D eigenvalue weighted by Crippen LogP contribution is -2.30. The molecule has 1 amide bonds. The summed E-state index contributed by atoms with van der Waals surface area (Å²) in [7, 11) is 0. The van der Waals surface area contributed by atoms with E-state index in [1.165, 1.54) is 11.8 Å². The third kappa shape index (κ3) is 5.11. The fraction of sp³-hybridized carbons (Fsp3) is 0.240. The summed E-state index contributed by atoms with van der Waals surface area (Å²) in [5.74, 6) is -0.182. The summed E-state index contributed by atoms with van der Waals surface area (Å²) in [5.41, 5.74) is 4.14. The summed E-state index contributed by atoms with van der Waals surface area (Å²) in [6, 6.07) is 18.2. The Bertz CT molecular complexity index is 1280. The van der Waals surface area contributed by atoms with Crippen LogP contribution in [0.5, 0.6) is 0 Å². The van der Waals surface area contributed by atoms with Gasteiger partial charge in [-0.15, -0.1) is 0 Å². The number of aryl methyl sites for hydroxylation is 1. The van der Waals surface area contributed by atoms with Gasteiger partial charge in [0.2, 0.25) is 5.91 Å². The van der Waals surface area contributed by atoms with Crippen molar-refractivity contribution >= 4 is 28.6 Å². The zero-order valence-corrected chi connectivity index (χ0v) is 19.0. The van der Waals surface area contributed by atoms with E-state index in [1.807, 2.05) is 42.6 Å². The lowest BCUT2D eigenvalue weighted by Gasteiger charge is -2.12. The minimum Gasteiger partial charge on any atom is -0.361 e. The smallest absolute Gasteiger partial charge is 0.255 e. The SMILES string of the molecule is Cc1nc(SC(C)c2ccccc2)[nH]c(=O)c1CC(=O)NCCc1c[nH]c2ccccc12. The van der Waals surface area contributed by atoms with Crippen molar-refractivity contribution in [1.29, 1.82) is 0 Å².